The van der Waals surface area contributed by atoms with Crippen LogP contribution in [0.2, 0.25) is 0 Å². The molecular formula is C12H21Ac7N3O10. The Morgan fingerprint density at radius 1 is 0.688 bits per heavy atom. The Hall–Kier alpha value is 9.00. The van der Waals surface area contributed by atoms with Gasteiger partial charge in [0, 0.05) is 313 Å². The van der Waals surface area contributed by atoms with Gasteiger partial charge in [0.1, 0.15) is 48.8 Å². The zero-order valence-electron chi connectivity index (χ0n) is 16.9. The van der Waals surface area contributed by atoms with Crippen molar-refractivity contribution in [2.45, 2.75) is 61.3 Å². The minimum absolute atomic E-state index is 0. The summed E-state index contributed by atoms with van der Waals surface area (Å²) in [4.78, 5) is 2.46. The minimum atomic E-state index is -1.74. The molecule has 32 heavy (non-hydrogen) atoms. The van der Waals surface area contributed by atoms with Crippen molar-refractivity contribution in [3.8, 4) is 0 Å². The molecule has 0 spiro atoms. The molecule has 4 unspecified atom stereocenters. The standard InChI is InChI=1S/C12H21N3O10.7Ac/c13-15-14-11-8(21)7(20)10(4(2-17)23-11)25-12-9(22)6(19)5(18)3(1-16)24-12;;;;;;;/h3-12,16-22H,1-2H2;;;;;;;/t3?,4?,5-,6?,7?,8-,9-,10+,11+,12-;;;;;;;/m0......./s1. The number of aliphatic hydroxyl groups excluding tert-OH is 7. The second-order valence-corrected chi connectivity index (χ2v) is 5.73. The number of aliphatic hydroxyl groups is 7. The Bertz CT molecular complexity index is 512. The number of rotatable bonds is 5. The van der Waals surface area contributed by atoms with Gasteiger partial charge in [0.05, 0.1) is 13.2 Å². The summed E-state index contributed by atoms with van der Waals surface area (Å²) in [7, 11) is 0. The summed E-state index contributed by atoms with van der Waals surface area (Å²) in [5.74, 6) is 0. The van der Waals surface area contributed by atoms with Crippen molar-refractivity contribution < 1.29 is 358 Å². The van der Waals surface area contributed by atoms with E-state index in [1.165, 1.54) is 0 Å². The van der Waals surface area contributed by atoms with E-state index in [0.717, 1.165) is 0 Å². The molecule has 2 aliphatic rings. The smallest absolute Gasteiger partial charge is 0.187 e. The van der Waals surface area contributed by atoms with Crippen LogP contribution in [-0.2, 0) is 14.2 Å². The van der Waals surface area contributed by atoms with Crippen LogP contribution >= 0.6 is 0 Å². The van der Waals surface area contributed by atoms with Gasteiger partial charge in [-0.3, -0.25) is 0 Å². The van der Waals surface area contributed by atoms with Gasteiger partial charge < -0.3 is 50.0 Å². The molecule has 10 atom stereocenters. The first-order chi connectivity index (χ1) is 11.8. The summed E-state index contributed by atoms with van der Waals surface area (Å²) >= 11 is 0. The Balaban J connectivity index is -0.000000241. The van der Waals surface area contributed by atoms with E-state index in [1.807, 2.05) is 0 Å². The molecule has 0 aromatic carbocycles. The SMILES string of the molecule is [Ac].[Ac].[Ac].[Ac].[Ac].[Ac].[Ac].[N-]=[N+]=N[C@@H]1OC(CO)[C@@H](O[C@@H]2OC(CO)[C@H](O)C(O)[C@@H]2O)C(O)[C@@H]1O. The van der Waals surface area contributed by atoms with Gasteiger partial charge in [0.2, 0.25) is 0 Å². The van der Waals surface area contributed by atoms with Crippen molar-refractivity contribution >= 4 is 0 Å². The quantitative estimate of drug-likeness (QED) is 0.0804. The molecule has 20 heteroatoms. The van der Waals surface area contributed by atoms with Crippen LogP contribution in [0.4, 0.5) is 0 Å². The Morgan fingerprint density at radius 3 is 1.62 bits per heavy atom. The minimum Gasteiger partial charge on any atom is -0.394 e. The van der Waals surface area contributed by atoms with E-state index in [0.29, 0.717) is 0 Å². The van der Waals surface area contributed by atoms with Crippen LogP contribution in [0.25, 0.3) is 10.4 Å². The average molecular weight is 1960 g/mol. The van der Waals surface area contributed by atoms with Gasteiger partial charge in [-0.2, -0.15) is 0 Å². The second kappa shape index (κ2) is 28.8. The third-order valence-corrected chi connectivity index (χ3v) is 4.14. The van der Waals surface area contributed by atoms with E-state index >= 15 is 0 Å². The summed E-state index contributed by atoms with van der Waals surface area (Å²) in [6.45, 7) is -1.37. The number of azide groups is 1. The molecule has 2 fully saturated rings. The predicted octanol–water partition coefficient (Wildman–Crippen LogP) is -4.08. The summed E-state index contributed by atoms with van der Waals surface area (Å²) < 4.78 is 15.6. The molecule has 13 nitrogen and oxygen atoms in total. The molecular weight excluding hydrogens is 1940 g/mol. The first kappa shape index (κ1) is 53.6. The molecule has 0 aliphatic carbocycles. The van der Waals surface area contributed by atoms with Crippen molar-refractivity contribution in [2.75, 3.05) is 13.2 Å². The number of hydrogen-bond acceptors (Lipinski definition) is 11. The van der Waals surface area contributed by atoms with Gasteiger partial charge >= 0.3 is 0 Å². The van der Waals surface area contributed by atoms with E-state index in [1.54, 1.807) is 0 Å². The van der Waals surface area contributed by atoms with E-state index in [2.05, 4.69) is 10.0 Å². The van der Waals surface area contributed by atoms with Gasteiger partial charge in [-0.05, 0) is 5.53 Å². The maximum Gasteiger partial charge on any atom is 0.187 e. The number of ether oxygens (including phenoxy) is 3. The van der Waals surface area contributed by atoms with Crippen molar-refractivity contribution in [1.82, 2.24) is 0 Å². The molecule has 0 saturated carbocycles. The summed E-state index contributed by atoms with van der Waals surface area (Å²) in [6.07, 6.45) is -15.4. The van der Waals surface area contributed by atoms with Gasteiger partial charge in [0.15, 0.2) is 12.5 Å². The van der Waals surface area contributed by atoms with Crippen molar-refractivity contribution in [1.29, 1.82) is 0 Å². The molecule has 2 heterocycles. The molecule has 165 valence electrons. The third kappa shape index (κ3) is 15.6. The molecule has 0 aromatic heterocycles. The molecule has 7 N–H and O–H groups in total. The molecule has 0 aromatic rings. The van der Waals surface area contributed by atoms with E-state index in [9.17, 15) is 30.6 Å². The fourth-order valence-corrected chi connectivity index (χ4v) is 2.72. The van der Waals surface area contributed by atoms with Gasteiger partial charge in [-0.15, -0.1) is 0 Å². The fraction of sp³-hybridized carbons (Fsp3) is 1.00. The zero-order valence-corrected chi connectivity index (χ0v) is 50.1. The van der Waals surface area contributed by atoms with Crippen LogP contribution in [-0.4, -0.2) is 110 Å². The Labute approximate surface area is 435 Å². The van der Waals surface area contributed by atoms with E-state index in [4.69, 9.17) is 24.8 Å². The van der Waals surface area contributed by atoms with Crippen LogP contribution < -0.4 is 0 Å². The molecule has 2 rings (SSSR count). The van der Waals surface area contributed by atoms with Crippen LogP contribution in [0.1, 0.15) is 0 Å². The summed E-state index contributed by atoms with van der Waals surface area (Å²) in [6, 6.07) is 0. The normalized spacial score (nSPS) is 37.5. The second-order valence-electron chi connectivity index (χ2n) is 5.73. The third-order valence-electron chi connectivity index (χ3n) is 4.14. The monoisotopic (exact) mass is 1960 g/mol. The maximum atomic E-state index is 10.1. The van der Waals surface area contributed by atoms with Gasteiger partial charge in [-0.1, -0.05) is 5.11 Å². The largest absolute Gasteiger partial charge is 0.394 e. The summed E-state index contributed by atoms with van der Waals surface area (Å²) in [5.41, 5.74) is 8.42. The first-order valence-corrected chi connectivity index (χ1v) is 7.48. The topological polar surface area (TPSA) is 218 Å². The van der Waals surface area contributed by atoms with Crippen LogP contribution in [0.5, 0.6) is 0 Å². The van der Waals surface area contributed by atoms with Crippen LogP contribution in [0.15, 0.2) is 5.11 Å². The Kier molecular flexibility index (Phi) is 48.1. The van der Waals surface area contributed by atoms with Crippen molar-refractivity contribution in [2.24, 2.45) is 5.11 Å². The van der Waals surface area contributed by atoms with Gasteiger partial charge in [0.25, 0.3) is 0 Å². The van der Waals surface area contributed by atoms with Gasteiger partial charge in [-0.25, -0.2) is 0 Å². The number of hydrogen-bond donors (Lipinski definition) is 7. The molecule has 2 aliphatic heterocycles. The predicted molar refractivity (Wildman–Crippen MR) is 75.5 cm³/mol. The van der Waals surface area contributed by atoms with Crippen LogP contribution in [0.3, 0.4) is 0 Å². The molecule has 2 saturated heterocycles. The van der Waals surface area contributed by atoms with Crippen LogP contribution in [0, 0.1) is 308 Å². The van der Waals surface area contributed by atoms with Crippen molar-refractivity contribution in [3.63, 3.8) is 0 Å². The van der Waals surface area contributed by atoms with E-state index < -0.39 is 74.6 Å². The molecule has 0 amide bonds. The first-order valence-electron chi connectivity index (χ1n) is 7.48. The average Bonchev–Trinajstić information content (AvgIpc) is 2.61. The van der Waals surface area contributed by atoms with Crippen molar-refractivity contribution in [3.05, 3.63) is 10.4 Å². The fourth-order valence-electron chi connectivity index (χ4n) is 2.72. The Morgan fingerprint density at radius 2 is 1.19 bits per heavy atom. The number of nitrogens with zero attached hydrogens (tertiary/aromatic N) is 3. The van der Waals surface area contributed by atoms with E-state index in [-0.39, 0.29) is 308 Å². The maximum absolute atomic E-state index is 10.1. The molecule has 0 bridgehead atoms. The summed E-state index contributed by atoms with van der Waals surface area (Å²) in [5, 5.41) is 71.1. The molecule has 7 radical (unpaired) electrons. The zero-order chi connectivity index (χ0) is 18.7.